The van der Waals surface area contributed by atoms with Crippen molar-refractivity contribution in [2.24, 2.45) is 17.1 Å². The fourth-order valence-electron chi connectivity index (χ4n) is 2.56. The molecule has 0 radical (unpaired) electrons. The summed E-state index contributed by atoms with van der Waals surface area (Å²) in [5, 5.41) is 0. The van der Waals surface area contributed by atoms with Gasteiger partial charge in [-0.3, -0.25) is 4.90 Å². The molecule has 0 aliphatic carbocycles. The van der Waals surface area contributed by atoms with E-state index in [1.54, 1.807) is 0 Å². The van der Waals surface area contributed by atoms with E-state index in [9.17, 15) is 0 Å². The maximum absolute atomic E-state index is 5.60. The molecule has 1 unspecified atom stereocenters. The summed E-state index contributed by atoms with van der Waals surface area (Å²) in [4.78, 5) is 2.51. The van der Waals surface area contributed by atoms with Crippen molar-refractivity contribution >= 4 is 0 Å². The molecule has 1 fully saturated rings. The van der Waals surface area contributed by atoms with Crippen molar-refractivity contribution in [1.29, 1.82) is 0 Å². The minimum atomic E-state index is 0.459. The molecule has 1 heterocycles. The maximum atomic E-state index is 5.60. The third kappa shape index (κ3) is 4.26. The lowest BCUT2D eigenvalue weighted by Crippen LogP contribution is -2.29. The lowest BCUT2D eigenvalue weighted by Gasteiger charge is -2.29. The maximum Gasteiger partial charge on any atom is 0.0202 e. The Bertz CT molecular complexity index is 227. The van der Waals surface area contributed by atoms with Crippen LogP contribution in [0.5, 0.6) is 0 Å². The van der Waals surface area contributed by atoms with Crippen LogP contribution < -0.4 is 5.73 Å². The normalized spacial score (nSPS) is 24.1. The first kappa shape index (κ1) is 13.7. The lowest BCUT2D eigenvalue weighted by atomic mass is 9.77. The van der Waals surface area contributed by atoms with Crippen LogP contribution in [-0.2, 0) is 0 Å². The zero-order chi connectivity index (χ0) is 12.2. The molecule has 1 aliphatic rings. The molecule has 2 N–H and O–H groups in total. The minimum absolute atomic E-state index is 0.459. The van der Waals surface area contributed by atoms with Crippen molar-refractivity contribution in [3.63, 3.8) is 0 Å². The van der Waals surface area contributed by atoms with Crippen molar-refractivity contribution in [2.45, 2.75) is 40.0 Å². The van der Waals surface area contributed by atoms with E-state index in [1.165, 1.54) is 32.4 Å². The van der Waals surface area contributed by atoms with Gasteiger partial charge in [-0.15, -0.1) is 0 Å². The first-order valence-corrected chi connectivity index (χ1v) is 6.52. The van der Waals surface area contributed by atoms with Gasteiger partial charge in [-0.25, -0.2) is 0 Å². The molecule has 1 aliphatic heterocycles. The molecule has 0 saturated carbocycles. The molecule has 1 atom stereocenters. The summed E-state index contributed by atoms with van der Waals surface area (Å²) in [5.41, 5.74) is 7.22. The predicted molar refractivity (Wildman–Crippen MR) is 71.4 cm³/mol. The summed E-state index contributed by atoms with van der Waals surface area (Å²) < 4.78 is 0. The Hall–Kier alpha value is -0.340. The van der Waals surface area contributed by atoms with Gasteiger partial charge >= 0.3 is 0 Å². The van der Waals surface area contributed by atoms with Gasteiger partial charge in [0.15, 0.2) is 0 Å². The van der Waals surface area contributed by atoms with Crippen molar-refractivity contribution in [1.82, 2.24) is 4.90 Å². The molecule has 94 valence electrons. The van der Waals surface area contributed by atoms with E-state index in [4.69, 9.17) is 5.73 Å². The van der Waals surface area contributed by atoms with Crippen LogP contribution >= 0.6 is 0 Å². The summed E-state index contributed by atoms with van der Waals surface area (Å²) in [5.74, 6) is 0.864. The summed E-state index contributed by atoms with van der Waals surface area (Å²) >= 11 is 0. The second-order valence-electron chi connectivity index (χ2n) is 6.22. The molecule has 0 spiro atoms. The number of nitrogens with two attached hydrogens (primary N) is 1. The average molecular weight is 224 g/mol. The Morgan fingerprint density at radius 2 is 2.00 bits per heavy atom. The van der Waals surface area contributed by atoms with Gasteiger partial charge in [-0.05, 0) is 49.3 Å². The highest BCUT2D eigenvalue weighted by atomic mass is 15.1. The van der Waals surface area contributed by atoms with Gasteiger partial charge in [0.2, 0.25) is 0 Å². The van der Waals surface area contributed by atoms with Crippen LogP contribution in [0.3, 0.4) is 0 Å². The highest BCUT2D eigenvalue weighted by molar-refractivity contribution is 4.99. The van der Waals surface area contributed by atoms with Gasteiger partial charge in [0.05, 0.1) is 0 Å². The molecule has 0 aromatic rings. The van der Waals surface area contributed by atoms with Crippen molar-refractivity contribution in [2.75, 3.05) is 26.2 Å². The van der Waals surface area contributed by atoms with E-state index in [2.05, 4.69) is 32.3 Å². The van der Waals surface area contributed by atoms with E-state index >= 15 is 0 Å². The summed E-state index contributed by atoms with van der Waals surface area (Å²) in [6.45, 7) is 15.1. The van der Waals surface area contributed by atoms with Crippen LogP contribution in [0.25, 0.3) is 0 Å². The first-order chi connectivity index (χ1) is 7.43. The van der Waals surface area contributed by atoms with Crippen LogP contribution in [0.4, 0.5) is 0 Å². The number of nitrogens with zero attached hydrogens (tertiary/aromatic N) is 1. The first-order valence-electron chi connectivity index (χ1n) is 6.52. The summed E-state index contributed by atoms with van der Waals surface area (Å²) in [7, 11) is 0. The molecule has 0 amide bonds. The third-order valence-electron chi connectivity index (χ3n) is 3.78. The molecule has 1 saturated heterocycles. The van der Waals surface area contributed by atoms with Crippen molar-refractivity contribution in [3.05, 3.63) is 12.2 Å². The Morgan fingerprint density at radius 3 is 2.56 bits per heavy atom. The molecule has 0 aromatic carbocycles. The summed E-state index contributed by atoms with van der Waals surface area (Å²) in [6.07, 6.45) is 4.01. The number of hydrogen-bond acceptors (Lipinski definition) is 2. The molecule has 16 heavy (non-hydrogen) atoms. The third-order valence-corrected chi connectivity index (χ3v) is 3.78. The average Bonchev–Trinajstić information content (AvgIpc) is 2.42. The van der Waals surface area contributed by atoms with Crippen molar-refractivity contribution in [3.8, 4) is 0 Å². The summed E-state index contributed by atoms with van der Waals surface area (Å²) in [6, 6.07) is 0. The monoisotopic (exact) mass is 224 g/mol. The van der Waals surface area contributed by atoms with E-state index in [-0.39, 0.29) is 0 Å². The smallest absolute Gasteiger partial charge is 0.0202 e. The number of hydrogen-bond donors (Lipinski definition) is 1. The zero-order valence-corrected chi connectivity index (χ0v) is 11.3. The van der Waals surface area contributed by atoms with Gasteiger partial charge in [0, 0.05) is 13.1 Å². The van der Waals surface area contributed by atoms with Gasteiger partial charge in [-0.2, -0.15) is 0 Å². The molecule has 2 heteroatoms. The van der Waals surface area contributed by atoms with Crippen LogP contribution in [-0.4, -0.2) is 31.1 Å². The van der Waals surface area contributed by atoms with E-state index in [0.717, 1.165) is 18.0 Å². The van der Waals surface area contributed by atoms with Crippen LogP contribution in [0.2, 0.25) is 0 Å². The zero-order valence-electron chi connectivity index (χ0n) is 11.3. The van der Waals surface area contributed by atoms with E-state index < -0.39 is 0 Å². The van der Waals surface area contributed by atoms with Crippen LogP contribution in [0.15, 0.2) is 12.2 Å². The second kappa shape index (κ2) is 5.83. The quantitative estimate of drug-likeness (QED) is 0.747. The Morgan fingerprint density at radius 1 is 1.31 bits per heavy atom. The Balaban J connectivity index is 2.43. The molecule has 0 bridgehead atoms. The van der Waals surface area contributed by atoms with E-state index in [1.807, 2.05) is 0 Å². The van der Waals surface area contributed by atoms with Gasteiger partial charge in [0.25, 0.3) is 0 Å². The topological polar surface area (TPSA) is 29.3 Å². The number of rotatable bonds is 3. The molecular formula is C14H28N2. The minimum Gasteiger partial charge on any atom is -0.327 e. The number of likely N-dealkylation sites (tertiary alicyclic amines) is 1. The standard InChI is InChI=1S/C14H28N2/c1-12(10-15)11-16-8-5-6-13(7-9-16)14(2,3)4/h13H,1,5-11,15H2,2-4H3. The molecule has 2 nitrogen and oxygen atoms in total. The Labute approximate surface area is 101 Å². The molecular weight excluding hydrogens is 196 g/mol. The van der Waals surface area contributed by atoms with Gasteiger partial charge in [0.1, 0.15) is 0 Å². The van der Waals surface area contributed by atoms with Gasteiger partial charge in [-0.1, -0.05) is 27.4 Å². The highest BCUT2D eigenvalue weighted by Gasteiger charge is 2.26. The lowest BCUT2D eigenvalue weighted by molar-refractivity contribution is 0.210. The van der Waals surface area contributed by atoms with Gasteiger partial charge < -0.3 is 5.73 Å². The molecule has 1 rings (SSSR count). The fraction of sp³-hybridized carbons (Fsp3) is 0.857. The largest absolute Gasteiger partial charge is 0.327 e. The van der Waals surface area contributed by atoms with Crippen LogP contribution in [0.1, 0.15) is 40.0 Å². The van der Waals surface area contributed by atoms with E-state index in [0.29, 0.717) is 12.0 Å². The Kier molecular flexibility index (Phi) is 5.00. The fourth-order valence-corrected chi connectivity index (χ4v) is 2.56. The SMILES string of the molecule is C=C(CN)CN1CCCC(C(C)(C)C)CC1. The second-order valence-corrected chi connectivity index (χ2v) is 6.22. The highest BCUT2D eigenvalue weighted by Crippen LogP contribution is 2.34. The van der Waals surface area contributed by atoms with Crippen molar-refractivity contribution < 1.29 is 0 Å². The predicted octanol–water partition coefficient (Wildman–Crippen LogP) is 2.65. The molecule has 0 aromatic heterocycles. The van der Waals surface area contributed by atoms with Crippen LogP contribution in [0, 0.1) is 11.3 Å².